The SMILES string of the molecule is COc1ccc(C(CNC(=O)/C=C/c2ccc(C#N)cc2)N(C)C)cc1. The molecular weight excluding hydrogens is 326 g/mol. The topological polar surface area (TPSA) is 65.4 Å². The lowest BCUT2D eigenvalue weighted by atomic mass is 10.1. The van der Waals surface area contributed by atoms with Crippen LogP contribution in [0.3, 0.4) is 0 Å². The van der Waals surface area contributed by atoms with Crippen molar-refractivity contribution in [2.75, 3.05) is 27.7 Å². The van der Waals surface area contributed by atoms with Gasteiger partial charge in [0.1, 0.15) is 5.75 Å². The molecule has 1 atom stereocenters. The minimum Gasteiger partial charge on any atom is -0.497 e. The predicted molar refractivity (Wildman–Crippen MR) is 103 cm³/mol. The third-order valence-corrected chi connectivity index (χ3v) is 4.06. The van der Waals surface area contributed by atoms with Crippen molar-refractivity contribution >= 4 is 12.0 Å². The molecule has 1 amide bonds. The predicted octanol–water partition coefficient (Wildman–Crippen LogP) is 3.00. The Kier molecular flexibility index (Phi) is 6.95. The van der Waals surface area contributed by atoms with Crippen LogP contribution >= 0.6 is 0 Å². The molecule has 0 fully saturated rings. The molecule has 1 N–H and O–H groups in total. The molecule has 0 radical (unpaired) electrons. The fourth-order valence-corrected chi connectivity index (χ4v) is 2.52. The highest BCUT2D eigenvalue weighted by Crippen LogP contribution is 2.20. The van der Waals surface area contributed by atoms with E-state index in [0.29, 0.717) is 12.1 Å². The molecule has 5 nitrogen and oxygen atoms in total. The summed E-state index contributed by atoms with van der Waals surface area (Å²) in [5, 5.41) is 11.7. The second kappa shape index (κ2) is 9.40. The lowest BCUT2D eigenvalue weighted by Gasteiger charge is -2.25. The van der Waals surface area contributed by atoms with Gasteiger partial charge in [0.05, 0.1) is 24.8 Å². The first kappa shape index (κ1) is 19.2. The maximum Gasteiger partial charge on any atom is 0.244 e. The van der Waals surface area contributed by atoms with E-state index in [1.807, 2.05) is 50.5 Å². The average molecular weight is 349 g/mol. The van der Waals surface area contributed by atoms with Crippen LogP contribution in [-0.4, -0.2) is 38.6 Å². The maximum absolute atomic E-state index is 12.1. The van der Waals surface area contributed by atoms with Gasteiger partial charge in [-0.2, -0.15) is 5.26 Å². The zero-order valence-electron chi connectivity index (χ0n) is 15.3. The molecular formula is C21H23N3O2. The van der Waals surface area contributed by atoms with E-state index in [1.54, 1.807) is 25.3 Å². The number of carbonyl (C=O) groups is 1. The smallest absolute Gasteiger partial charge is 0.244 e. The molecule has 0 saturated heterocycles. The van der Waals surface area contributed by atoms with Gasteiger partial charge in [-0.15, -0.1) is 0 Å². The first-order valence-corrected chi connectivity index (χ1v) is 8.30. The van der Waals surface area contributed by atoms with Crippen molar-refractivity contribution in [1.29, 1.82) is 5.26 Å². The monoisotopic (exact) mass is 349 g/mol. The molecule has 134 valence electrons. The van der Waals surface area contributed by atoms with Gasteiger partial charge in [-0.25, -0.2) is 0 Å². The zero-order chi connectivity index (χ0) is 18.9. The molecule has 0 aliphatic heterocycles. The minimum absolute atomic E-state index is 0.0631. The van der Waals surface area contributed by atoms with Gasteiger partial charge in [-0.05, 0) is 55.6 Å². The van der Waals surface area contributed by atoms with Crippen LogP contribution in [0.5, 0.6) is 5.75 Å². The molecule has 2 aromatic rings. The molecule has 0 aromatic heterocycles. The minimum atomic E-state index is -0.158. The lowest BCUT2D eigenvalue weighted by molar-refractivity contribution is -0.116. The number of hydrogen-bond donors (Lipinski definition) is 1. The van der Waals surface area contributed by atoms with E-state index in [4.69, 9.17) is 10.00 Å². The van der Waals surface area contributed by atoms with Gasteiger partial charge in [-0.1, -0.05) is 24.3 Å². The van der Waals surface area contributed by atoms with Crippen molar-refractivity contribution in [3.8, 4) is 11.8 Å². The van der Waals surface area contributed by atoms with Crippen molar-refractivity contribution in [2.24, 2.45) is 0 Å². The van der Waals surface area contributed by atoms with Gasteiger partial charge in [0.15, 0.2) is 0 Å². The summed E-state index contributed by atoms with van der Waals surface area (Å²) >= 11 is 0. The van der Waals surface area contributed by atoms with E-state index >= 15 is 0 Å². The van der Waals surface area contributed by atoms with Crippen LogP contribution in [0.25, 0.3) is 6.08 Å². The number of nitriles is 1. The van der Waals surface area contributed by atoms with Crippen molar-refractivity contribution < 1.29 is 9.53 Å². The van der Waals surface area contributed by atoms with E-state index in [2.05, 4.69) is 16.3 Å². The van der Waals surface area contributed by atoms with Gasteiger partial charge < -0.3 is 15.0 Å². The number of ether oxygens (including phenoxy) is 1. The van der Waals surface area contributed by atoms with E-state index in [1.165, 1.54) is 6.08 Å². The van der Waals surface area contributed by atoms with Gasteiger partial charge in [0.2, 0.25) is 5.91 Å². The van der Waals surface area contributed by atoms with Crippen LogP contribution in [0.15, 0.2) is 54.6 Å². The summed E-state index contributed by atoms with van der Waals surface area (Å²) in [6.07, 6.45) is 3.23. The largest absolute Gasteiger partial charge is 0.497 e. The fourth-order valence-electron chi connectivity index (χ4n) is 2.52. The molecule has 1 unspecified atom stereocenters. The van der Waals surface area contributed by atoms with Crippen molar-refractivity contribution in [1.82, 2.24) is 10.2 Å². The second-order valence-corrected chi connectivity index (χ2v) is 6.06. The lowest BCUT2D eigenvalue weighted by Crippen LogP contribution is -2.33. The number of likely N-dealkylation sites (N-methyl/N-ethyl adjacent to an activating group) is 1. The van der Waals surface area contributed by atoms with Gasteiger partial charge in [0.25, 0.3) is 0 Å². The number of hydrogen-bond acceptors (Lipinski definition) is 4. The number of rotatable bonds is 7. The van der Waals surface area contributed by atoms with E-state index in [9.17, 15) is 4.79 Å². The molecule has 0 spiro atoms. The Morgan fingerprint density at radius 3 is 2.38 bits per heavy atom. The van der Waals surface area contributed by atoms with Crippen LogP contribution in [0.2, 0.25) is 0 Å². The fraction of sp³-hybridized carbons (Fsp3) is 0.238. The first-order valence-electron chi connectivity index (χ1n) is 8.30. The standard InChI is InChI=1S/C21H23N3O2/c1-24(2)20(18-9-11-19(26-3)12-10-18)15-23-21(25)13-8-16-4-6-17(14-22)7-5-16/h4-13,20H,15H2,1-3H3,(H,23,25)/b13-8+. The zero-order valence-corrected chi connectivity index (χ0v) is 15.3. The number of amides is 1. The Morgan fingerprint density at radius 1 is 1.19 bits per heavy atom. The molecule has 2 rings (SSSR count). The summed E-state index contributed by atoms with van der Waals surface area (Å²) < 4.78 is 5.19. The third kappa shape index (κ3) is 5.47. The Balaban J connectivity index is 1.95. The quantitative estimate of drug-likeness (QED) is 0.781. The van der Waals surface area contributed by atoms with Crippen molar-refractivity contribution in [3.63, 3.8) is 0 Å². The average Bonchev–Trinajstić information content (AvgIpc) is 2.67. The summed E-state index contributed by atoms with van der Waals surface area (Å²) in [4.78, 5) is 14.2. The number of benzene rings is 2. The Hall–Kier alpha value is -3.10. The molecule has 0 aliphatic rings. The molecule has 0 heterocycles. The summed E-state index contributed by atoms with van der Waals surface area (Å²) in [5.74, 6) is 0.648. The van der Waals surface area contributed by atoms with E-state index in [-0.39, 0.29) is 11.9 Å². The molecule has 5 heteroatoms. The molecule has 26 heavy (non-hydrogen) atoms. The highest BCUT2D eigenvalue weighted by atomic mass is 16.5. The first-order chi connectivity index (χ1) is 12.5. The normalized spacial score (nSPS) is 12.0. The highest BCUT2D eigenvalue weighted by Gasteiger charge is 2.14. The number of nitrogens with zero attached hydrogens (tertiary/aromatic N) is 2. The number of methoxy groups -OCH3 is 1. The summed E-state index contributed by atoms with van der Waals surface area (Å²) in [5.41, 5.74) is 2.57. The third-order valence-electron chi connectivity index (χ3n) is 4.06. The Labute approximate surface area is 154 Å². The van der Waals surface area contributed by atoms with E-state index < -0.39 is 0 Å². The van der Waals surface area contributed by atoms with E-state index in [0.717, 1.165) is 16.9 Å². The van der Waals surface area contributed by atoms with Gasteiger partial charge in [0, 0.05) is 12.6 Å². The summed E-state index contributed by atoms with van der Waals surface area (Å²) in [7, 11) is 5.60. The van der Waals surface area contributed by atoms with Crippen LogP contribution in [0.1, 0.15) is 22.7 Å². The van der Waals surface area contributed by atoms with Crippen molar-refractivity contribution in [3.05, 3.63) is 71.3 Å². The number of nitrogens with one attached hydrogen (secondary N) is 1. The Morgan fingerprint density at radius 2 is 1.85 bits per heavy atom. The maximum atomic E-state index is 12.1. The van der Waals surface area contributed by atoms with Crippen molar-refractivity contribution in [2.45, 2.75) is 6.04 Å². The molecule has 0 aliphatic carbocycles. The second-order valence-electron chi connectivity index (χ2n) is 6.06. The van der Waals surface area contributed by atoms with Gasteiger partial charge >= 0.3 is 0 Å². The van der Waals surface area contributed by atoms with Gasteiger partial charge in [-0.3, -0.25) is 4.79 Å². The Bertz CT molecular complexity index is 788. The highest BCUT2D eigenvalue weighted by molar-refractivity contribution is 5.91. The van der Waals surface area contributed by atoms with Crippen LogP contribution < -0.4 is 10.1 Å². The molecule has 2 aromatic carbocycles. The molecule has 0 saturated carbocycles. The summed E-state index contributed by atoms with van der Waals surface area (Å²) in [6, 6.07) is 17.0. The summed E-state index contributed by atoms with van der Waals surface area (Å²) in [6.45, 7) is 0.496. The van der Waals surface area contributed by atoms with Crippen LogP contribution in [0, 0.1) is 11.3 Å². The van der Waals surface area contributed by atoms with Crippen LogP contribution in [0.4, 0.5) is 0 Å². The number of carbonyl (C=O) groups excluding carboxylic acids is 1. The molecule has 0 bridgehead atoms. The van der Waals surface area contributed by atoms with Crippen LogP contribution in [-0.2, 0) is 4.79 Å².